The molecule has 1 atom stereocenters. The van der Waals surface area contributed by atoms with Crippen molar-refractivity contribution in [3.05, 3.63) is 23.8 Å². The van der Waals surface area contributed by atoms with Gasteiger partial charge in [0.2, 0.25) is 6.79 Å². The predicted octanol–water partition coefficient (Wildman–Crippen LogP) is 0.979. The van der Waals surface area contributed by atoms with E-state index in [4.69, 9.17) is 15.2 Å². The second-order valence-corrected chi connectivity index (χ2v) is 4.72. The highest BCUT2D eigenvalue weighted by Crippen LogP contribution is 2.32. The second kappa shape index (κ2) is 4.49. The molecule has 1 amide bonds. The van der Waals surface area contributed by atoms with Gasteiger partial charge in [-0.05, 0) is 31.0 Å². The number of hydrogen-bond donors (Lipinski definition) is 1. The molecule has 18 heavy (non-hydrogen) atoms. The Kier molecular flexibility index (Phi) is 2.83. The minimum Gasteiger partial charge on any atom is -0.454 e. The van der Waals surface area contributed by atoms with Crippen LogP contribution in [0.15, 0.2) is 18.2 Å². The van der Waals surface area contributed by atoms with Gasteiger partial charge in [-0.1, -0.05) is 0 Å². The first-order valence-corrected chi connectivity index (χ1v) is 6.18. The van der Waals surface area contributed by atoms with Crippen molar-refractivity contribution in [1.82, 2.24) is 4.90 Å². The number of likely N-dealkylation sites (tertiary alicyclic amines) is 1. The number of hydrogen-bond acceptors (Lipinski definition) is 4. The third-order valence-corrected chi connectivity index (χ3v) is 3.36. The van der Waals surface area contributed by atoms with Crippen LogP contribution < -0.4 is 15.2 Å². The lowest BCUT2D eigenvalue weighted by atomic mass is 10.1. The minimum absolute atomic E-state index is 0.0171. The SMILES string of the molecule is NC1CCCN(C(=O)c2ccc3c(c2)OCO3)C1. The average Bonchev–Trinajstić information content (AvgIpc) is 2.85. The Bertz CT molecular complexity index is 475. The monoisotopic (exact) mass is 248 g/mol. The van der Waals surface area contributed by atoms with E-state index < -0.39 is 0 Å². The number of rotatable bonds is 1. The zero-order chi connectivity index (χ0) is 12.5. The van der Waals surface area contributed by atoms with E-state index in [1.54, 1.807) is 18.2 Å². The minimum atomic E-state index is 0.0171. The third kappa shape index (κ3) is 2.01. The van der Waals surface area contributed by atoms with Crippen LogP contribution in [-0.4, -0.2) is 36.7 Å². The van der Waals surface area contributed by atoms with Gasteiger partial charge in [0.15, 0.2) is 11.5 Å². The van der Waals surface area contributed by atoms with Gasteiger partial charge >= 0.3 is 0 Å². The number of nitrogens with two attached hydrogens (primary N) is 1. The summed E-state index contributed by atoms with van der Waals surface area (Å²) in [5.74, 6) is 1.35. The highest BCUT2D eigenvalue weighted by Gasteiger charge is 2.24. The molecule has 0 aromatic heterocycles. The molecule has 1 aromatic rings. The van der Waals surface area contributed by atoms with E-state index >= 15 is 0 Å². The lowest BCUT2D eigenvalue weighted by Crippen LogP contribution is -2.45. The number of ether oxygens (including phenoxy) is 2. The highest BCUT2D eigenvalue weighted by atomic mass is 16.7. The van der Waals surface area contributed by atoms with Gasteiger partial charge in [-0.3, -0.25) is 4.79 Å². The van der Waals surface area contributed by atoms with Crippen molar-refractivity contribution in [3.8, 4) is 11.5 Å². The highest BCUT2D eigenvalue weighted by molar-refractivity contribution is 5.95. The topological polar surface area (TPSA) is 64.8 Å². The molecule has 1 saturated heterocycles. The van der Waals surface area contributed by atoms with Gasteiger partial charge in [-0.25, -0.2) is 0 Å². The average molecular weight is 248 g/mol. The van der Waals surface area contributed by atoms with E-state index in [0.29, 0.717) is 23.6 Å². The molecule has 0 radical (unpaired) electrons. The first-order valence-electron chi connectivity index (χ1n) is 6.18. The summed E-state index contributed by atoms with van der Waals surface area (Å²) < 4.78 is 10.5. The number of piperidine rings is 1. The van der Waals surface area contributed by atoms with Crippen LogP contribution >= 0.6 is 0 Å². The number of carbonyl (C=O) groups is 1. The molecule has 1 aromatic carbocycles. The fraction of sp³-hybridized carbons (Fsp3) is 0.462. The van der Waals surface area contributed by atoms with Crippen LogP contribution in [0.5, 0.6) is 11.5 Å². The van der Waals surface area contributed by atoms with Crippen LogP contribution in [0, 0.1) is 0 Å². The number of carbonyl (C=O) groups excluding carboxylic acids is 1. The van der Waals surface area contributed by atoms with E-state index in [2.05, 4.69) is 0 Å². The van der Waals surface area contributed by atoms with Crippen LogP contribution in [-0.2, 0) is 0 Å². The Morgan fingerprint density at radius 3 is 3.00 bits per heavy atom. The van der Waals surface area contributed by atoms with E-state index in [9.17, 15) is 4.79 Å². The van der Waals surface area contributed by atoms with Gasteiger partial charge in [-0.15, -0.1) is 0 Å². The normalized spacial score (nSPS) is 22.1. The summed E-state index contributed by atoms with van der Waals surface area (Å²) in [5.41, 5.74) is 6.53. The Morgan fingerprint density at radius 2 is 2.17 bits per heavy atom. The first kappa shape index (κ1) is 11.3. The smallest absolute Gasteiger partial charge is 0.254 e. The zero-order valence-electron chi connectivity index (χ0n) is 10.1. The first-order chi connectivity index (χ1) is 8.74. The molecular formula is C13H16N2O3. The molecule has 2 N–H and O–H groups in total. The molecule has 0 spiro atoms. The van der Waals surface area contributed by atoms with Crippen molar-refractivity contribution in [1.29, 1.82) is 0 Å². The second-order valence-electron chi connectivity index (χ2n) is 4.72. The maximum Gasteiger partial charge on any atom is 0.254 e. The molecule has 1 fully saturated rings. The largest absolute Gasteiger partial charge is 0.454 e. The fourth-order valence-electron chi connectivity index (χ4n) is 2.41. The lowest BCUT2D eigenvalue weighted by molar-refractivity contribution is 0.0708. The summed E-state index contributed by atoms with van der Waals surface area (Å²) in [4.78, 5) is 14.1. The lowest BCUT2D eigenvalue weighted by Gasteiger charge is -2.30. The van der Waals surface area contributed by atoms with E-state index in [1.807, 2.05) is 4.90 Å². The van der Waals surface area contributed by atoms with E-state index in [-0.39, 0.29) is 18.7 Å². The maximum absolute atomic E-state index is 12.3. The van der Waals surface area contributed by atoms with Crippen molar-refractivity contribution >= 4 is 5.91 Å². The van der Waals surface area contributed by atoms with Crippen molar-refractivity contribution in [3.63, 3.8) is 0 Å². The van der Waals surface area contributed by atoms with Crippen molar-refractivity contribution in [2.75, 3.05) is 19.9 Å². The van der Waals surface area contributed by atoms with Crippen LogP contribution in [0.2, 0.25) is 0 Å². The molecule has 1 unspecified atom stereocenters. The van der Waals surface area contributed by atoms with Crippen molar-refractivity contribution < 1.29 is 14.3 Å². The van der Waals surface area contributed by atoms with Crippen molar-refractivity contribution in [2.45, 2.75) is 18.9 Å². The fourth-order valence-corrected chi connectivity index (χ4v) is 2.41. The van der Waals surface area contributed by atoms with Gasteiger partial charge in [-0.2, -0.15) is 0 Å². The van der Waals surface area contributed by atoms with Crippen LogP contribution in [0.1, 0.15) is 23.2 Å². The molecular weight excluding hydrogens is 232 g/mol. The summed E-state index contributed by atoms with van der Waals surface area (Å²) in [6, 6.07) is 5.39. The molecule has 0 bridgehead atoms. The maximum atomic E-state index is 12.3. The molecule has 5 nitrogen and oxygen atoms in total. The molecule has 0 aliphatic carbocycles. The summed E-state index contributed by atoms with van der Waals surface area (Å²) in [5, 5.41) is 0. The number of amides is 1. The summed E-state index contributed by atoms with van der Waals surface area (Å²) in [6.45, 7) is 1.63. The van der Waals surface area contributed by atoms with Crippen LogP contribution in [0.4, 0.5) is 0 Å². The van der Waals surface area contributed by atoms with Gasteiger partial charge < -0.3 is 20.1 Å². The molecule has 96 valence electrons. The number of benzene rings is 1. The molecule has 2 heterocycles. The van der Waals surface area contributed by atoms with Gasteiger partial charge in [0.25, 0.3) is 5.91 Å². The van der Waals surface area contributed by atoms with Gasteiger partial charge in [0.05, 0.1) is 0 Å². The number of fused-ring (bicyclic) bond motifs is 1. The van der Waals surface area contributed by atoms with Crippen LogP contribution in [0.25, 0.3) is 0 Å². The summed E-state index contributed by atoms with van der Waals surface area (Å²) >= 11 is 0. The van der Waals surface area contributed by atoms with Crippen molar-refractivity contribution in [2.24, 2.45) is 5.73 Å². The Morgan fingerprint density at radius 1 is 1.33 bits per heavy atom. The standard InChI is InChI=1S/C13H16N2O3/c14-10-2-1-5-15(7-10)13(16)9-3-4-11-12(6-9)18-8-17-11/h3-4,6,10H,1-2,5,7-8,14H2. The van der Waals surface area contributed by atoms with Crippen LogP contribution in [0.3, 0.4) is 0 Å². The quantitative estimate of drug-likeness (QED) is 0.804. The predicted molar refractivity (Wildman–Crippen MR) is 65.7 cm³/mol. The summed E-state index contributed by atoms with van der Waals surface area (Å²) in [7, 11) is 0. The Hall–Kier alpha value is -1.75. The molecule has 5 heteroatoms. The summed E-state index contributed by atoms with van der Waals surface area (Å²) in [6.07, 6.45) is 1.96. The molecule has 0 saturated carbocycles. The van der Waals surface area contributed by atoms with Gasteiger partial charge in [0.1, 0.15) is 0 Å². The Balaban J connectivity index is 1.79. The van der Waals surface area contributed by atoms with Gasteiger partial charge in [0, 0.05) is 24.7 Å². The zero-order valence-corrected chi connectivity index (χ0v) is 10.1. The molecule has 2 aliphatic rings. The van der Waals surface area contributed by atoms with E-state index in [0.717, 1.165) is 19.4 Å². The number of nitrogens with zero attached hydrogens (tertiary/aromatic N) is 1. The van der Waals surface area contributed by atoms with E-state index in [1.165, 1.54) is 0 Å². The Labute approximate surface area is 105 Å². The molecule has 2 aliphatic heterocycles. The molecule has 3 rings (SSSR count). The third-order valence-electron chi connectivity index (χ3n) is 3.36.